The van der Waals surface area contributed by atoms with E-state index in [1.165, 1.54) is 0 Å². The van der Waals surface area contributed by atoms with Gasteiger partial charge < -0.3 is 15.0 Å². The second-order valence-electron chi connectivity index (χ2n) is 3.10. The van der Waals surface area contributed by atoms with E-state index in [1.807, 2.05) is 0 Å². The zero-order valence-corrected chi connectivity index (χ0v) is 8.52. The third kappa shape index (κ3) is 1.76. The predicted octanol–water partition coefficient (Wildman–Crippen LogP) is 1.64. The molecular weight excluding hydrogens is 194 g/mol. The van der Waals surface area contributed by atoms with Crippen molar-refractivity contribution in [3.05, 3.63) is 24.1 Å². The quantitative estimate of drug-likeness (QED) is 0.754. The van der Waals surface area contributed by atoms with Crippen LogP contribution in [-0.4, -0.2) is 17.3 Å². The molecule has 0 aliphatic carbocycles. The summed E-state index contributed by atoms with van der Waals surface area (Å²) in [4.78, 5) is 4.12. The van der Waals surface area contributed by atoms with Crippen molar-refractivity contribution in [2.24, 2.45) is 0 Å². The van der Waals surface area contributed by atoms with E-state index in [0.717, 1.165) is 5.56 Å². The standard InChI is InChI=1S/C10H11N3O2/c1-6-12-10(13-15-6)8-5-7(11)3-4-9(8)14-2/h3-5H,11H2,1-2H3. The molecule has 0 fully saturated rings. The van der Waals surface area contributed by atoms with E-state index in [-0.39, 0.29) is 0 Å². The van der Waals surface area contributed by atoms with Crippen LogP contribution in [-0.2, 0) is 0 Å². The van der Waals surface area contributed by atoms with Crippen LogP contribution in [0.15, 0.2) is 22.7 Å². The molecule has 1 aromatic heterocycles. The SMILES string of the molecule is COc1ccc(N)cc1-c1noc(C)n1. The maximum atomic E-state index is 5.68. The molecule has 0 unspecified atom stereocenters. The molecule has 15 heavy (non-hydrogen) atoms. The maximum absolute atomic E-state index is 5.68. The van der Waals surface area contributed by atoms with Crippen LogP contribution < -0.4 is 10.5 Å². The summed E-state index contributed by atoms with van der Waals surface area (Å²) in [7, 11) is 1.59. The van der Waals surface area contributed by atoms with Gasteiger partial charge in [0, 0.05) is 12.6 Å². The number of nitrogens with two attached hydrogens (primary N) is 1. The molecule has 0 saturated carbocycles. The Morgan fingerprint density at radius 1 is 1.40 bits per heavy atom. The molecule has 0 aliphatic rings. The summed E-state index contributed by atoms with van der Waals surface area (Å²) in [6.45, 7) is 1.73. The lowest BCUT2D eigenvalue weighted by Gasteiger charge is -2.05. The van der Waals surface area contributed by atoms with Crippen LogP contribution in [0, 0.1) is 6.92 Å². The molecule has 78 valence electrons. The van der Waals surface area contributed by atoms with E-state index >= 15 is 0 Å². The highest BCUT2D eigenvalue weighted by Crippen LogP contribution is 2.29. The number of benzene rings is 1. The second kappa shape index (κ2) is 3.61. The molecule has 0 amide bonds. The van der Waals surface area contributed by atoms with Gasteiger partial charge in [-0.2, -0.15) is 4.98 Å². The van der Waals surface area contributed by atoms with Crippen molar-refractivity contribution in [1.29, 1.82) is 0 Å². The Morgan fingerprint density at radius 2 is 2.20 bits per heavy atom. The molecule has 1 heterocycles. The molecule has 2 aromatic rings. The summed E-state index contributed by atoms with van der Waals surface area (Å²) in [5, 5.41) is 3.81. The molecule has 5 heteroatoms. The van der Waals surface area contributed by atoms with Gasteiger partial charge in [0.15, 0.2) is 0 Å². The first kappa shape index (κ1) is 9.51. The van der Waals surface area contributed by atoms with Crippen LogP contribution in [0.3, 0.4) is 0 Å². The van der Waals surface area contributed by atoms with Crippen molar-refractivity contribution in [3.8, 4) is 17.1 Å². The van der Waals surface area contributed by atoms with E-state index in [1.54, 1.807) is 32.2 Å². The number of nitrogen functional groups attached to an aromatic ring is 1. The zero-order valence-electron chi connectivity index (χ0n) is 8.52. The van der Waals surface area contributed by atoms with Crippen LogP contribution in [0.4, 0.5) is 5.69 Å². The number of hydrogen-bond donors (Lipinski definition) is 1. The van der Waals surface area contributed by atoms with Gasteiger partial charge in [-0.1, -0.05) is 5.16 Å². The molecule has 1 aromatic carbocycles. The number of aryl methyl sites for hydroxylation is 1. The van der Waals surface area contributed by atoms with E-state index in [9.17, 15) is 0 Å². The third-order valence-corrected chi connectivity index (χ3v) is 1.99. The number of aromatic nitrogens is 2. The van der Waals surface area contributed by atoms with Crippen molar-refractivity contribution in [2.75, 3.05) is 12.8 Å². The lowest BCUT2D eigenvalue weighted by molar-refractivity contribution is 0.393. The van der Waals surface area contributed by atoms with Gasteiger partial charge in [-0.05, 0) is 18.2 Å². The van der Waals surface area contributed by atoms with Gasteiger partial charge >= 0.3 is 0 Å². The first-order chi connectivity index (χ1) is 7.20. The smallest absolute Gasteiger partial charge is 0.223 e. The van der Waals surface area contributed by atoms with E-state index in [0.29, 0.717) is 23.2 Å². The van der Waals surface area contributed by atoms with Crippen molar-refractivity contribution in [3.63, 3.8) is 0 Å². The van der Waals surface area contributed by atoms with E-state index in [2.05, 4.69) is 10.1 Å². The van der Waals surface area contributed by atoms with E-state index in [4.69, 9.17) is 15.0 Å². The van der Waals surface area contributed by atoms with Gasteiger partial charge in [-0.25, -0.2) is 0 Å². The van der Waals surface area contributed by atoms with Gasteiger partial charge in [0.1, 0.15) is 5.75 Å². The first-order valence-electron chi connectivity index (χ1n) is 4.45. The molecule has 2 N–H and O–H groups in total. The summed E-state index contributed by atoms with van der Waals surface area (Å²) >= 11 is 0. The summed E-state index contributed by atoms with van der Waals surface area (Å²) < 4.78 is 10.1. The molecular formula is C10H11N3O2. The average molecular weight is 205 g/mol. The molecule has 0 radical (unpaired) electrons. The number of hydrogen-bond acceptors (Lipinski definition) is 5. The average Bonchev–Trinajstić information content (AvgIpc) is 2.65. The summed E-state index contributed by atoms with van der Waals surface area (Å²) in [5.41, 5.74) is 7.05. The fraction of sp³-hybridized carbons (Fsp3) is 0.200. The Balaban J connectivity index is 2.55. The van der Waals surface area contributed by atoms with Crippen LogP contribution in [0.2, 0.25) is 0 Å². The number of methoxy groups -OCH3 is 1. The van der Waals surface area contributed by atoms with Crippen LogP contribution in [0.1, 0.15) is 5.89 Å². The molecule has 2 rings (SSSR count). The summed E-state index contributed by atoms with van der Waals surface area (Å²) in [6, 6.07) is 5.29. The van der Waals surface area contributed by atoms with Gasteiger partial charge in [-0.15, -0.1) is 0 Å². The number of rotatable bonds is 2. The minimum absolute atomic E-state index is 0.483. The maximum Gasteiger partial charge on any atom is 0.223 e. The Hall–Kier alpha value is -2.04. The lowest BCUT2D eigenvalue weighted by Crippen LogP contribution is -1.92. The fourth-order valence-electron chi connectivity index (χ4n) is 1.31. The zero-order chi connectivity index (χ0) is 10.8. The van der Waals surface area contributed by atoms with Gasteiger partial charge in [0.25, 0.3) is 0 Å². The molecule has 0 saturated heterocycles. The monoisotopic (exact) mass is 205 g/mol. The largest absolute Gasteiger partial charge is 0.496 e. The highest BCUT2D eigenvalue weighted by atomic mass is 16.5. The van der Waals surface area contributed by atoms with Crippen molar-refractivity contribution < 1.29 is 9.26 Å². The van der Waals surface area contributed by atoms with Crippen molar-refractivity contribution >= 4 is 5.69 Å². The van der Waals surface area contributed by atoms with Crippen LogP contribution >= 0.6 is 0 Å². The molecule has 5 nitrogen and oxygen atoms in total. The first-order valence-corrected chi connectivity index (χ1v) is 4.45. The van der Waals surface area contributed by atoms with E-state index < -0.39 is 0 Å². The third-order valence-electron chi connectivity index (χ3n) is 1.99. The minimum Gasteiger partial charge on any atom is -0.496 e. The number of anilines is 1. The van der Waals surface area contributed by atoms with Crippen molar-refractivity contribution in [1.82, 2.24) is 10.1 Å². The van der Waals surface area contributed by atoms with Crippen molar-refractivity contribution in [2.45, 2.75) is 6.92 Å². The lowest BCUT2D eigenvalue weighted by atomic mass is 10.1. The molecule has 0 spiro atoms. The van der Waals surface area contributed by atoms with Gasteiger partial charge in [0.2, 0.25) is 11.7 Å². The topological polar surface area (TPSA) is 74.2 Å². The molecule has 0 atom stereocenters. The van der Waals surface area contributed by atoms with Gasteiger partial charge in [-0.3, -0.25) is 0 Å². The van der Waals surface area contributed by atoms with Gasteiger partial charge in [0.05, 0.1) is 12.7 Å². The number of ether oxygens (including phenoxy) is 1. The van der Waals surface area contributed by atoms with Crippen LogP contribution in [0.5, 0.6) is 5.75 Å². The predicted molar refractivity (Wildman–Crippen MR) is 55.4 cm³/mol. The fourth-order valence-corrected chi connectivity index (χ4v) is 1.31. The Morgan fingerprint density at radius 3 is 2.80 bits per heavy atom. The minimum atomic E-state index is 0.483. The second-order valence-corrected chi connectivity index (χ2v) is 3.10. The summed E-state index contributed by atoms with van der Waals surface area (Å²) in [6.07, 6.45) is 0. The Bertz CT molecular complexity index is 479. The molecule has 0 aliphatic heterocycles. The Labute approximate surface area is 86.9 Å². The normalized spacial score (nSPS) is 10.3. The highest BCUT2D eigenvalue weighted by Gasteiger charge is 2.11. The number of nitrogens with zero attached hydrogens (tertiary/aromatic N) is 2. The molecule has 0 bridgehead atoms. The van der Waals surface area contributed by atoms with Crippen LogP contribution in [0.25, 0.3) is 11.4 Å². The Kier molecular flexibility index (Phi) is 2.29. The highest BCUT2D eigenvalue weighted by molar-refractivity contribution is 5.68. The summed E-state index contributed by atoms with van der Waals surface area (Å²) in [5.74, 6) is 1.66.